The number of nitrogens with zero attached hydrogens (tertiary/aromatic N) is 1. The number of carbonyl (C=O) groups excluding carboxylic acids is 1. The number of aryl methyl sites for hydroxylation is 1. The highest BCUT2D eigenvalue weighted by atomic mass is 16.1. The highest BCUT2D eigenvalue weighted by molar-refractivity contribution is 6.01. The average Bonchev–Trinajstić information content (AvgIpc) is 3.22. The van der Waals surface area contributed by atoms with Crippen LogP contribution in [0.5, 0.6) is 0 Å². The molecule has 0 aromatic heterocycles. The van der Waals surface area contributed by atoms with Gasteiger partial charge in [0.1, 0.15) is 0 Å². The summed E-state index contributed by atoms with van der Waals surface area (Å²) in [4.78, 5) is 12.5. The van der Waals surface area contributed by atoms with Gasteiger partial charge in [0.2, 0.25) is 0 Å². The summed E-state index contributed by atoms with van der Waals surface area (Å²) in [5.41, 5.74) is 2.98. The van der Waals surface area contributed by atoms with E-state index in [0.29, 0.717) is 5.56 Å². The van der Waals surface area contributed by atoms with Crippen LogP contribution in [0.3, 0.4) is 0 Å². The van der Waals surface area contributed by atoms with E-state index >= 15 is 0 Å². The Kier molecular flexibility index (Phi) is 3.12. The van der Waals surface area contributed by atoms with Crippen molar-refractivity contribution in [2.24, 2.45) is 11.8 Å². The quantitative estimate of drug-likeness (QED) is 0.790. The molecule has 0 saturated heterocycles. The summed E-state index contributed by atoms with van der Waals surface area (Å²) in [6, 6.07) is 19.7. The molecule has 3 atom stereocenters. The molecule has 1 aliphatic carbocycles. The Labute approximate surface area is 118 Å². The highest BCUT2D eigenvalue weighted by Crippen LogP contribution is 2.55. The van der Waals surface area contributed by atoms with Crippen molar-refractivity contribution in [2.45, 2.75) is 12.8 Å². The Balaban J connectivity index is 1.86. The van der Waals surface area contributed by atoms with Crippen molar-refractivity contribution in [2.75, 3.05) is 0 Å². The maximum atomic E-state index is 12.5. The van der Waals surface area contributed by atoms with Crippen LogP contribution in [0.1, 0.15) is 27.4 Å². The van der Waals surface area contributed by atoms with Crippen LogP contribution in [0.25, 0.3) is 0 Å². The second-order valence-corrected chi connectivity index (χ2v) is 5.35. The minimum Gasteiger partial charge on any atom is -0.294 e. The van der Waals surface area contributed by atoms with Crippen LogP contribution in [0.2, 0.25) is 0 Å². The van der Waals surface area contributed by atoms with E-state index in [1.54, 1.807) is 0 Å². The van der Waals surface area contributed by atoms with Gasteiger partial charge in [0, 0.05) is 17.4 Å². The molecule has 1 saturated carbocycles. The fourth-order valence-corrected chi connectivity index (χ4v) is 2.80. The van der Waals surface area contributed by atoms with E-state index in [-0.39, 0.29) is 23.5 Å². The first-order valence-corrected chi connectivity index (χ1v) is 6.78. The standard InChI is InChI=1S/C18H15NO/c1-12-7-9-13(10-8-12)16-15(11-19)17(16)18(20)14-5-3-2-4-6-14/h2-10,15-17H,1H3. The number of carbonyl (C=O) groups is 1. The van der Waals surface area contributed by atoms with Gasteiger partial charge in [-0.05, 0) is 12.5 Å². The third-order valence-electron chi connectivity index (χ3n) is 3.99. The first kappa shape index (κ1) is 12.6. The molecule has 0 N–H and O–H groups in total. The molecule has 20 heavy (non-hydrogen) atoms. The molecular formula is C18H15NO. The molecule has 1 fully saturated rings. The normalized spacial score (nSPS) is 23.9. The predicted molar refractivity (Wildman–Crippen MR) is 77.3 cm³/mol. The van der Waals surface area contributed by atoms with Gasteiger partial charge in [-0.3, -0.25) is 4.79 Å². The van der Waals surface area contributed by atoms with Crippen LogP contribution in [-0.4, -0.2) is 5.78 Å². The zero-order chi connectivity index (χ0) is 14.1. The minimum atomic E-state index is -0.190. The molecule has 2 aromatic rings. The molecule has 98 valence electrons. The fraction of sp³-hybridized carbons (Fsp3) is 0.222. The first-order chi connectivity index (χ1) is 9.72. The summed E-state index contributed by atoms with van der Waals surface area (Å²) in [5.74, 6) is -0.244. The summed E-state index contributed by atoms with van der Waals surface area (Å²) in [6.45, 7) is 2.03. The van der Waals surface area contributed by atoms with Gasteiger partial charge in [0.25, 0.3) is 0 Å². The van der Waals surface area contributed by atoms with Gasteiger partial charge in [-0.2, -0.15) is 5.26 Å². The molecule has 2 nitrogen and oxygen atoms in total. The largest absolute Gasteiger partial charge is 0.294 e. The minimum absolute atomic E-state index is 0.0494. The smallest absolute Gasteiger partial charge is 0.167 e. The van der Waals surface area contributed by atoms with Gasteiger partial charge in [-0.1, -0.05) is 60.2 Å². The Bertz CT molecular complexity index is 667. The fourth-order valence-electron chi connectivity index (χ4n) is 2.80. The Morgan fingerprint density at radius 1 is 1.05 bits per heavy atom. The van der Waals surface area contributed by atoms with Gasteiger partial charge in [-0.25, -0.2) is 0 Å². The summed E-state index contributed by atoms with van der Waals surface area (Å²) in [6.07, 6.45) is 0. The lowest BCUT2D eigenvalue weighted by atomic mass is 10.0. The number of Topliss-reactive ketones (excluding diaryl/α,β-unsaturated/α-hetero) is 1. The third-order valence-corrected chi connectivity index (χ3v) is 3.99. The van der Waals surface area contributed by atoms with Gasteiger partial charge < -0.3 is 0 Å². The third kappa shape index (κ3) is 2.12. The average molecular weight is 261 g/mol. The number of benzene rings is 2. The van der Waals surface area contributed by atoms with Crippen molar-refractivity contribution in [3.63, 3.8) is 0 Å². The van der Waals surface area contributed by atoms with E-state index in [2.05, 4.69) is 6.07 Å². The Morgan fingerprint density at radius 3 is 2.30 bits per heavy atom. The molecule has 3 rings (SSSR count). The number of nitriles is 1. The zero-order valence-corrected chi connectivity index (χ0v) is 11.3. The van der Waals surface area contributed by atoms with Crippen LogP contribution < -0.4 is 0 Å². The van der Waals surface area contributed by atoms with E-state index in [1.165, 1.54) is 5.56 Å². The topological polar surface area (TPSA) is 40.9 Å². The summed E-state index contributed by atoms with van der Waals surface area (Å²) in [5, 5.41) is 9.26. The summed E-state index contributed by atoms with van der Waals surface area (Å²) in [7, 11) is 0. The van der Waals surface area contributed by atoms with Gasteiger partial charge in [0.15, 0.2) is 5.78 Å². The lowest BCUT2D eigenvalue weighted by molar-refractivity contribution is 0.0962. The lowest BCUT2D eigenvalue weighted by Gasteiger charge is -2.01. The summed E-state index contributed by atoms with van der Waals surface area (Å²) >= 11 is 0. The molecule has 0 aliphatic heterocycles. The molecule has 0 heterocycles. The number of hydrogen-bond acceptors (Lipinski definition) is 2. The highest BCUT2D eigenvalue weighted by Gasteiger charge is 2.55. The Hall–Kier alpha value is -2.40. The molecule has 3 unspecified atom stereocenters. The molecular weight excluding hydrogens is 246 g/mol. The number of ketones is 1. The second-order valence-electron chi connectivity index (χ2n) is 5.35. The number of hydrogen-bond donors (Lipinski definition) is 0. The molecule has 0 spiro atoms. The van der Waals surface area contributed by atoms with E-state index in [4.69, 9.17) is 0 Å². The van der Waals surface area contributed by atoms with Crippen LogP contribution in [0, 0.1) is 30.1 Å². The van der Waals surface area contributed by atoms with Gasteiger partial charge in [-0.15, -0.1) is 0 Å². The van der Waals surface area contributed by atoms with Gasteiger partial charge in [0.05, 0.1) is 12.0 Å². The second kappa shape index (κ2) is 4.94. The number of rotatable bonds is 3. The predicted octanol–water partition coefficient (Wildman–Crippen LogP) is 3.73. The van der Waals surface area contributed by atoms with Crippen molar-refractivity contribution < 1.29 is 4.79 Å². The molecule has 0 radical (unpaired) electrons. The van der Waals surface area contributed by atoms with Crippen molar-refractivity contribution in [1.29, 1.82) is 5.26 Å². The van der Waals surface area contributed by atoms with Crippen LogP contribution in [-0.2, 0) is 0 Å². The van der Waals surface area contributed by atoms with Crippen LogP contribution in [0.15, 0.2) is 54.6 Å². The van der Waals surface area contributed by atoms with Crippen molar-refractivity contribution >= 4 is 5.78 Å². The first-order valence-electron chi connectivity index (χ1n) is 6.78. The maximum Gasteiger partial charge on any atom is 0.167 e. The van der Waals surface area contributed by atoms with Crippen LogP contribution in [0.4, 0.5) is 0 Å². The SMILES string of the molecule is Cc1ccc(C2C(C#N)C2C(=O)c2ccccc2)cc1. The van der Waals surface area contributed by atoms with Crippen molar-refractivity contribution in [1.82, 2.24) is 0 Å². The zero-order valence-electron chi connectivity index (χ0n) is 11.3. The van der Waals surface area contributed by atoms with E-state index in [0.717, 1.165) is 5.56 Å². The van der Waals surface area contributed by atoms with Gasteiger partial charge >= 0.3 is 0 Å². The summed E-state index contributed by atoms with van der Waals surface area (Å²) < 4.78 is 0. The Morgan fingerprint density at radius 2 is 1.70 bits per heavy atom. The molecule has 0 amide bonds. The molecule has 1 aliphatic rings. The van der Waals surface area contributed by atoms with Crippen molar-refractivity contribution in [3.05, 3.63) is 71.3 Å². The molecule has 2 aromatic carbocycles. The lowest BCUT2D eigenvalue weighted by Crippen LogP contribution is -2.03. The van der Waals surface area contributed by atoms with Crippen molar-refractivity contribution in [3.8, 4) is 6.07 Å². The van der Waals surface area contributed by atoms with E-state index in [1.807, 2.05) is 61.5 Å². The van der Waals surface area contributed by atoms with Crippen LogP contribution >= 0.6 is 0 Å². The van der Waals surface area contributed by atoms with E-state index in [9.17, 15) is 10.1 Å². The molecule has 0 bridgehead atoms. The maximum absolute atomic E-state index is 12.5. The van der Waals surface area contributed by atoms with E-state index < -0.39 is 0 Å². The molecule has 2 heteroatoms. The monoisotopic (exact) mass is 261 g/mol.